The Morgan fingerprint density at radius 3 is 2.27 bits per heavy atom. The Balaban J connectivity index is 2.47. The van der Waals surface area contributed by atoms with Crippen LogP contribution in [0, 0.1) is 0 Å². The highest BCUT2D eigenvalue weighted by atomic mass is 15.2. The minimum atomic E-state index is 0.605. The average molecular weight is 206 g/mol. The molecule has 2 heteroatoms. The van der Waals surface area contributed by atoms with Crippen molar-refractivity contribution in [3.63, 3.8) is 0 Å². The third kappa shape index (κ3) is 4.00. The van der Waals surface area contributed by atoms with E-state index in [1.54, 1.807) is 0 Å². The van der Waals surface area contributed by atoms with Gasteiger partial charge in [0, 0.05) is 36.9 Å². The smallest absolute Gasteiger partial charge is 0.0416 e. The Hall–Kier alpha value is -0.890. The second-order valence-corrected chi connectivity index (χ2v) is 4.50. The van der Waals surface area contributed by atoms with Crippen molar-refractivity contribution in [2.45, 2.75) is 46.2 Å². The van der Waals surface area contributed by atoms with Gasteiger partial charge in [0.05, 0.1) is 0 Å². The van der Waals surface area contributed by atoms with Crippen molar-refractivity contribution in [1.82, 2.24) is 9.88 Å². The van der Waals surface area contributed by atoms with Crippen LogP contribution in [0.2, 0.25) is 0 Å². The molecule has 0 bridgehead atoms. The van der Waals surface area contributed by atoms with Gasteiger partial charge in [0.25, 0.3) is 0 Å². The molecule has 0 radical (unpaired) electrons. The quantitative estimate of drug-likeness (QED) is 0.736. The SMILES string of the molecule is CC(C)N(CCc1ccccn1)C(C)C. The molecule has 1 rings (SSSR count). The van der Waals surface area contributed by atoms with Gasteiger partial charge in [-0.1, -0.05) is 6.07 Å². The highest BCUT2D eigenvalue weighted by molar-refractivity contribution is 5.03. The fraction of sp³-hybridized carbons (Fsp3) is 0.615. The zero-order chi connectivity index (χ0) is 11.3. The summed E-state index contributed by atoms with van der Waals surface area (Å²) in [7, 11) is 0. The van der Waals surface area contributed by atoms with Gasteiger partial charge in [0.2, 0.25) is 0 Å². The van der Waals surface area contributed by atoms with E-state index in [4.69, 9.17) is 0 Å². The van der Waals surface area contributed by atoms with E-state index in [0.717, 1.165) is 13.0 Å². The number of nitrogens with zero attached hydrogens (tertiary/aromatic N) is 2. The number of pyridine rings is 1. The summed E-state index contributed by atoms with van der Waals surface area (Å²) in [5, 5.41) is 0. The van der Waals surface area contributed by atoms with Gasteiger partial charge in [-0.2, -0.15) is 0 Å². The molecule has 0 N–H and O–H groups in total. The number of hydrogen-bond donors (Lipinski definition) is 0. The van der Waals surface area contributed by atoms with Crippen LogP contribution in [0.4, 0.5) is 0 Å². The summed E-state index contributed by atoms with van der Waals surface area (Å²) in [6, 6.07) is 7.32. The first-order chi connectivity index (χ1) is 7.11. The van der Waals surface area contributed by atoms with Crippen LogP contribution in [0.15, 0.2) is 24.4 Å². The van der Waals surface area contributed by atoms with Crippen LogP contribution in [-0.4, -0.2) is 28.5 Å². The molecule has 1 heterocycles. The van der Waals surface area contributed by atoms with Crippen LogP contribution in [0.5, 0.6) is 0 Å². The van der Waals surface area contributed by atoms with Gasteiger partial charge >= 0.3 is 0 Å². The second kappa shape index (κ2) is 5.86. The number of rotatable bonds is 5. The van der Waals surface area contributed by atoms with E-state index in [2.05, 4.69) is 49.7 Å². The fourth-order valence-electron chi connectivity index (χ4n) is 1.90. The Labute approximate surface area is 93.3 Å². The van der Waals surface area contributed by atoms with Crippen LogP contribution in [-0.2, 0) is 6.42 Å². The van der Waals surface area contributed by atoms with Crippen molar-refractivity contribution < 1.29 is 0 Å². The third-order valence-electron chi connectivity index (χ3n) is 2.68. The van der Waals surface area contributed by atoms with E-state index in [0.29, 0.717) is 12.1 Å². The first-order valence-corrected chi connectivity index (χ1v) is 5.77. The first-order valence-electron chi connectivity index (χ1n) is 5.77. The maximum atomic E-state index is 4.34. The molecule has 1 aromatic heterocycles. The van der Waals surface area contributed by atoms with Crippen molar-refractivity contribution in [2.24, 2.45) is 0 Å². The molecular weight excluding hydrogens is 184 g/mol. The summed E-state index contributed by atoms with van der Waals surface area (Å²) in [6.45, 7) is 10.1. The van der Waals surface area contributed by atoms with Crippen LogP contribution >= 0.6 is 0 Å². The largest absolute Gasteiger partial charge is 0.298 e. The van der Waals surface area contributed by atoms with Gasteiger partial charge in [-0.3, -0.25) is 9.88 Å². The predicted octanol–water partition coefficient (Wildman–Crippen LogP) is 2.74. The summed E-state index contributed by atoms with van der Waals surface area (Å²) < 4.78 is 0. The second-order valence-electron chi connectivity index (χ2n) is 4.50. The predicted molar refractivity (Wildman–Crippen MR) is 64.9 cm³/mol. The highest BCUT2D eigenvalue weighted by Crippen LogP contribution is 2.06. The normalized spacial score (nSPS) is 11.7. The van der Waals surface area contributed by atoms with Crippen molar-refractivity contribution in [3.05, 3.63) is 30.1 Å². The minimum Gasteiger partial charge on any atom is -0.298 e. The Morgan fingerprint density at radius 2 is 1.80 bits per heavy atom. The summed E-state index contributed by atoms with van der Waals surface area (Å²) >= 11 is 0. The molecule has 0 fully saturated rings. The van der Waals surface area contributed by atoms with E-state index in [1.807, 2.05) is 12.3 Å². The van der Waals surface area contributed by atoms with Crippen LogP contribution in [0.3, 0.4) is 0 Å². The molecule has 0 aliphatic carbocycles. The lowest BCUT2D eigenvalue weighted by Crippen LogP contribution is -2.38. The summed E-state index contributed by atoms with van der Waals surface area (Å²) in [5.74, 6) is 0. The van der Waals surface area contributed by atoms with Gasteiger partial charge in [-0.15, -0.1) is 0 Å². The molecule has 0 spiro atoms. The van der Waals surface area contributed by atoms with Crippen molar-refractivity contribution in [2.75, 3.05) is 6.54 Å². The lowest BCUT2D eigenvalue weighted by molar-refractivity contribution is 0.177. The molecule has 0 aliphatic rings. The zero-order valence-electron chi connectivity index (χ0n) is 10.3. The molecule has 1 aromatic rings. The molecule has 0 amide bonds. The van der Waals surface area contributed by atoms with E-state index in [9.17, 15) is 0 Å². The molecule has 0 atom stereocenters. The summed E-state index contributed by atoms with van der Waals surface area (Å²) in [6.07, 6.45) is 2.90. The van der Waals surface area contributed by atoms with Gasteiger partial charge in [-0.25, -0.2) is 0 Å². The molecule has 0 saturated heterocycles. The number of hydrogen-bond acceptors (Lipinski definition) is 2. The molecular formula is C13H22N2. The van der Waals surface area contributed by atoms with Crippen molar-refractivity contribution >= 4 is 0 Å². The molecule has 0 aliphatic heterocycles. The first kappa shape index (κ1) is 12.2. The van der Waals surface area contributed by atoms with E-state index in [-0.39, 0.29) is 0 Å². The fourth-order valence-corrected chi connectivity index (χ4v) is 1.90. The molecule has 15 heavy (non-hydrogen) atoms. The van der Waals surface area contributed by atoms with E-state index < -0.39 is 0 Å². The monoisotopic (exact) mass is 206 g/mol. The van der Waals surface area contributed by atoms with Crippen molar-refractivity contribution in [1.29, 1.82) is 0 Å². The minimum absolute atomic E-state index is 0.605. The summed E-state index contributed by atoms with van der Waals surface area (Å²) in [4.78, 5) is 6.84. The molecule has 2 nitrogen and oxygen atoms in total. The Morgan fingerprint density at radius 1 is 1.13 bits per heavy atom. The maximum Gasteiger partial charge on any atom is 0.0416 e. The maximum absolute atomic E-state index is 4.34. The zero-order valence-corrected chi connectivity index (χ0v) is 10.3. The van der Waals surface area contributed by atoms with Gasteiger partial charge in [-0.05, 0) is 39.8 Å². The molecule has 84 valence electrons. The molecule has 0 unspecified atom stereocenters. The lowest BCUT2D eigenvalue weighted by atomic mass is 10.2. The van der Waals surface area contributed by atoms with Crippen molar-refractivity contribution in [3.8, 4) is 0 Å². The topological polar surface area (TPSA) is 16.1 Å². The lowest BCUT2D eigenvalue weighted by Gasteiger charge is -2.30. The Bertz CT molecular complexity index is 259. The van der Waals surface area contributed by atoms with Gasteiger partial charge in [0.15, 0.2) is 0 Å². The highest BCUT2D eigenvalue weighted by Gasteiger charge is 2.12. The average Bonchev–Trinajstić information content (AvgIpc) is 2.18. The van der Waals surface area contributed by atoms with E-state index in [1.165, 1.54) is 5.69 Å². The molecule has 0 aromatic carbocycles. The van der Waals surface area contributed by atoms with Crippen LogP contribution in [0.25, 0.3) is 0 Å². The van der Waals surface area contributed by atoms with Crippen LogP contribution in [0.1, 0.15) is 33.4 Å². The number of aromatic nitrogens is 1. The third-order valence-corrected chi connectivity index (χ3v) is 2.68. The van der Waals surface area contributed by atoms with Crippen LogP contribution < -0.4 is 0 Å². The molecule has 0 saturated carbocycles. The summed E-state index contributed by atoms with van der Waals surface area (Å²) in [5.41, 5.74) is 1.18. The van der Waals surface area contributed by atoms with Gasteiger partial charge < -0.3 is 0 Å². The van der Waals surface area contributed by atoms with Gasteiger partial charge in [0.1, 0.15) is 0 Å². The van der Waals surface area contributed by atoms with E-state index >= 15 is 0 Å². The standard InChI is InChI=1S/C13H22N2/c1-11(2)15(12(3)4)10-8-13-7-5-6-9-14-13/h5-7,9,11-12H,8,10H2,1-4H3. The Kier molecular flexibility index (Phi) is 4.76.